The molecule has 2 fully saturated rings. The van der Waals surface area contributed by atoms with Crippen molar-refractivity contribution in [2.24, 2.45) is 23.2 Å². The van der Waals surface area contributed by atoms with Crippen molar-refractivity contribution >= 4 is 18.0 Å². The summed E-state index contributed by atoms with van der Waals surface area (Å²) in [4.78, 5) is 10.4. The van der Waals surface area contributed by atoms with Crippen LogP contribution in [0.4, 0.5) is 0 Å². The quantitative estimate of drug-likeness (QED) is 0.253. The summed E-state index contributed by atoms with van der Waals surface area (Å²) in [6.45, 7) is 0. The van der Waals surface area contributed by atoms with E-state index in [9.17, 15) is 20.3 Å². The molecule has 0 spiro atoms. The summed E-state index contributed by atoms with van der Waals surface area (Å²) < 4.78 is 0. The molecule has 3 rings (SSSR count). The van der Waals surface area contributed by atoms with Crippen molar-refractivity contribution in [1.29, 1.82) is 5.26 Å². The maximum Gasteiger partial charge on any atom is 0.119 e. The highest BCUT2D eigenvalue weighted by atomic mass is 32.2. The van der Waals surface area contributed by atoms with Gasteiger partial charge < -0.3 is 15.0 Å². The smallest absolute Gasteiger partial charge is 0.119 e. The first-order valence-corrected chi connectivity index (χ1v) is 12.7. The molecule has 2 saturated carbocycles. The predicted molar refractivity (Wildman–Crippen MR) is 122 cm³/mol. The Kier molecular flexibility index (Phi) is 9.04. The Morgan fingerprint density at radius 3 is 2.70 bits per heavy atom. The molecule has 0 saturated heterocycles. The molecule has 6 atom stereocenters. The van der Waals surface area contributed by atoms with E-state index in [0.717, 1.165) is 57.7 Å². The second-order valence-corrected chi connectivity index (χ2v) is 10.6. The zero-order chi connectivity index (χ0) is 21.4. The molecule has 166 valence electrons. The van der Waals surface area contributed by atoms with E-state index >= 15 is 0 Å². The standard InChI is InChI=1S/C25H37NO3S/c26-18-19-17-22(28)21(20(19)9-4-2-1-3-5-15-27)10-6-11-23(29)25(13-8-14-25)24-12-7-16-30-24/h6-7,10,15-16,19-24,28-29H,1-5,8-9,11-14,17H2/b10-6+/t19?,20-,21?,22+,23?,24?/m0/s1. The molecule has 4 unspecified atom stereocenters. The maximum atomic E-state index is 11.0. The van der Waals surface area contributed by atoms with Crippen molar-refractivity contribution in [3.8, 4) is 6.07 Å². The fourth-order valence-electron chi connectivity index (χ4n) is 5.73. The number of hydrogen-bond acceptors (Lipinski definition) is 5. The lowest BCUT2D eigenvalue weighted by atomic mass is 9.61. The summed E-state index contributed by atoms with van der Waals surface area (Å²) in [5.74, 6) is 0.113. The van der Waals surface area contributed by atoms with Gasteiger partial charge >= 0.3 is 0 Å². The van der Waals surface area contributed by atoms with Crippen molar-refractivity contribution in [2.75, 3.05) is 0 Å². The van der Waals surface area contributed by atoms with Gasteiger partial charge in [-0.25, -0.2) is 0 Å². The zero-order valence-electron chi connectivity index (χ0n) is 18.0. The Labute approximate surface area is 185 Å². The third kappa shape index (κ3) is 5.39. The van der Waals surface area contributed by atoms with Gasteiger partial charge in [-0.2, -0.15) is 5.26 Å². The molecule has 3 aliphatic rings. The first-order chi connectivity index (χ1) is 14.6. The molecule has 5 heteroatoms. The third-order valence-corrected chi connectivity index (χ3v) is 9.06. The number of aliphatic hydroxyl groups is 2. The van der Waals surface area contributed by atoms with Crippen LogP contribution in [0.2, 0.25) is 0 Å². The highest BCUT2D eigenvalue weighted by Crippen LogP contribution is 2.54. The molecule has 0 amide bonds. The van der Waals surface area contributed by atoms with Gasteiger partial charge in [-0.15, -0.1) is 11.8 Å². The molecule has 2 aliphatic carbocycles. The SMILES string of the molecule is N#CC1C[C@@H](O)C(/C=C/CC(O)C2(C3CC=CS3)CCC2)[C@H]1CCCCCCC=O. The fourth-order valence-corrected chi connectivity index (χ4v) is 7.03. The van der Waals surface area contributed by atoms with E-state index in [1.165, 1.54) is 6.42 Å². The van der Waals surface area contributed by atoms with E-state index < -0.39 is 6.10 Å². The predicted octanol–water partition coefficient (Wildman–Crippen LogP) is 5.16. The molecular formula is C25H37NO3S. The number of nitriles is 1. The molecule has 0 aromatic rings. The summed E-state index contributed by atoms with van der Waals surface area (Å²) in [5.41, 5.74) is 0.0446. The number of aldehydes is 1. The second kappa shape index (κ2) is 11.5. The van der Waals surface area contributed by atoms with Crippen molar-refractivity contribution < 1.29 is 15.0 Å². The molecule has 1 heterocycles. The molecule has 0 aromatic carbocycles. The van der Waals surface area contributed by atoms with E-state index in [-0.39, 0.29) is 29.3 Å². The van der Waals surface area contributed by atoms with Crippen molar-refractivity contribution in [3.05, 3.63) is 23.6 Å². The molecule has 0 radical (unpaired) electrons. The van der Waals surface area contributed by atoms with Gasteiger partial charge in [-0.3, -0.25) is 0 Å². The minimum absolute atomic E-state index is 0.0108. The van der Waals surface area contributed by atoms with Crippen LogP contribution in [0.15, 0.2) is 23.6 Å². The average molecular weight is 432 g/mol. The van der Waals surface area contributed by atoms with Gasteiger partial charge in [-0.05, 0) is 56.3 Å². The summed E-state index contributed by atoms with van der Waals surface area (Å²) in [5, 5.41) is 33.8. The summed E-state index contributed by atoms with van der Waals surface area (Å²) in [6.07, 6.45) is 17.9. The lowest BCUT2D eigenvalue weighted by Gasteiger charge is -2.49. The van der Waals surface area contributed by atoms with Gasteiger partial charge in [-0.1, -0.05) is 43.9 Å². The number of aliphatic hydroxyl groups excluding tert-OH is 2. The van der Waals surface area contributed by atoms with E-state index in [4.69, 9.17) is 0 Å². The first kappa shape index (κ1) is 23.6. The van der Waals surface area contributed by atoms with Gasteiger partial charge in [0, 0.05) is 23.0 Å². The Balaban J connectivity index is 1.52. The normalized spacial score (nSPS) is 33.4. The third-order valence-electron chi connectivity index (χ3n) is 7.72. The minimum atomic E-state index is -0.463. The second-order valence-electron chi connectivity index (χ2n) is 9.44. The molecular weight excluding hydrogens is 394 g/mol. The number of carbonyl (C=O) groups is 1. The topological polar surface area (TPSA) is 81.3 Å². The van der Waals surface area contributed by atoms with Crippen LogP contribution in [0.1, 0.15) is 77.0 Å². The Morgan fingerprint density at radius 1 is 1.27 bits per heavy atom. The van der Waals surface area contributed by atoms with Gasteiger partial charge in [0.2, 0.25) is 0 Å². The van der Waals surface area contributed by atoms with Gasteiger partial charge in [0.05, 0.1) is 24.2 Å². The lowest BCUT2D eigenvalue weighted by molar-refractivity contribution is -0.107. The fraction of sp³-hybridized carbons (Fsp3) is 0.760. The molecule has 0 bridgehead atoms. The number of rotatable bonds is 12. The number of carbonyl (C=O) groups excluding carboxylic acids is 1. The summed E-state index contributed by atoms with van der Waals surface area (Å²) in [6, 6.07) is 2.42. The molecule has 0 aromatic heterocycles. The Hall–Kier alpha value is -1.09. The monoisotopic (exact) mass is 431 g/mol. The average Bonchev–Trinajstić information content (AvgIpc) is 3.33. The van der Waals surface area contributed by atoms with Crippen LogP contribution in [-0.2, 0) is 4.79 Å². The van der Waals surface area contributed by atoms with Crippen LogP contribution in [0.5, 0.6) is 0 Å². The zero-order valence-corrected chi connectivity index (χ0v) is 18.8. The lowest BCUT2D eigenvalue weighted by Crippen LogP contribution is -2.48. The van der Waals surface area contributed by atoms with Crippen LogP contribution in [0, 0.1) is 34.5 Å². The van der Waals surface area contributed by atoms with Crippen LogP contribution < -0.4 is 0 Å². The Morgan fingerprint density at radius 2 is 2.07 bits per heavy atom. The maximum absolute atomic E-state index is 11.0. The van der Waals surface area contributed by atoms with Crippen LogP contribution in [0.3, 0.4) is 0 Å². The van der Waals surface area contributed by atoms with E-state index in [1.807, 2.05) is 11.8 Å². The van der Waals surface area contributed by atoms with Gasteiger partial charge in [0.1, 0.15) is 6.29 Å². The first-order valence-electron chi connectivity index (χ1n) is 11.8. The largest absolute Gasteiger partial charge is 0.392 e. The van der Waals surface area contributed by atoms with E-state index in [2.05, 4.69) is 29.7 Å². The number of allylic oxidation sites excluding steroid dienone is 1. The van der Waals surface area contributed by atoms with Crippen LogP contribution in [0.25, 0.3) is 0 Å². The summed E-state index contributed by atoms with van der Waals surface area (Å²) in [7, 11) is 0. The molecule has 4 nitrogen and oxygen atoms in total. The highest BCUT2D eigenvalue weighted by Gasteiger charge is 2.49. The van der Waals surface area contributed by atoms with Gasteiger partial charge in [0.25, 0.3) is 0 Å². The van der Waals surface area contributed by atoms with Crippen molar-refractivity contribution in [2.45, 2.75) is 94.5 Å². The van der Waals surface area contributed by atoms with E-state index in [0.29, 0.717) is 24.5 Å². The highest BCUT2D eigenvalue weighted by molar-refractivity contribution is 8.03. The number of hydrogen-bond donors (Lipinski definition) is 2. The van der Waals surface area contributed by atoms with Crippen molar-refractivity contribution in [3.63, 3.8) is 0 Å². The molecule has 2 N–H and O–H groups in total. The molecule has 1 aliphatic heterocycles. The Bertz CT molecular complexity index is 643. The summed E-state index contributed by atoms with van der Waals surface area (Å²) >= 11 is 1.87. The van der Waals surface area contributed by atoms with Gasteiger partial charge in [0.15, 0.2) is 0 Å². The number of unbranched alkanes of at least 4 members (excludes halogenated alkanes) is 4. The van der Waals surface area contributed by atoms with E-state index in [1.54, 1.807) is 0 Å². The minimum Gasteiger partial charge on any atom is -0.392 e. The van der Waals surface area contributed by atoms with Crippen molar-refractivity contribution in [1.82, 2.24) is 0 Å². The van der Waals surface area contributed by atoms with Crippen LogP contribution >= 0.6 is 11.8 Å². The van der Waals surface area contributed by atoms with Crippen LogP contribution in [-0.4, -0.2) is 34.0 Å². The molecule has 30 heavy (non-hydrogen) atoms. The number of thioether (sulfide) groups is 1. The number of nitrogens with zero attached hydrogens (tertiary/aromatic N) is 1.